The molecule has 0 spiro atoms. The van der Waals surface area contributed by atoms with Crippen molar-refractivity contribution >= 4 is 50.7 Å². The number of nitrogens with zero attached hydrogens (tertiary/aromatic N) is 6. The summed E-state index contributed by atoms with van der Waals surface area (Å²) >= 11 is 0. The number of piperazine rings is 1. The summed E-state index contributed by atoms with van der Waals surface area (Å²) in [6, 6.07) is 16.2. The van der Waals surface area contributed by atoms with Gasteiger partial charge in [0, 0.05) is 67.6 Å². The molecule has 10 nitrogen and oxygen atoms in total. The third-order valence-corrected chi connectivity index (χ3v) is 8.31. The van der Waals surface area contributed by atoms with Gasteiger partial charge >= 0.3 is 0 Å². The van der Waals surface area contributed by atoms with Crippen LogP contribution in [0.15, 0.2) is 54.7 Å². The number of methoxy groups -OCH3 is 1. The number of fused-ring (bicyclic) bond motifs is 3. The van der Waals surface area contributed by atoms with Gasteiger partial charge in [0.2, 0.25) is 5.95 Å². The summed E-state index contributed by atoms with van der Waals surface area (Å²) in [5.41, 5.74) is 6.83. The Morgan fingerprint density at radius 1 is 0.977 bits per heavy atom. The van der Waals surface area contributed by atoms with Crippen molar-refractivity contribution in [2.45, 2.75) is 26.7 Å². The first-order chi connectivity index (χ1) is 20.9. The smallest absolute Gasteiger partial charge is 0.276 e. The molecule has 0 atom stereocenters. The number of carbonyl (C=O) groups excluding carboxylic acids is 1. The Hall–Kier alpha value is -4.70. The number of rotatable bonds is 8. The second-order valence-electron chi connectivity index (χ2n) is 11.0. The Kier molecular flexibility index (Phi) is 7.86. The minimum atomic E-state index is -0.238. The summed E-state index contributed by atoms with van der Waals surface area (Å²) in [4.78, 5) is 27.8. The van der Waals surface area contributed by atoms with E-state index in [9.17, 15) is 4.79 Å². The van der Waals surface area contributed by atoms with Gasteiger partial charge in [0.15, 0.2) is 5.69 Å². The van der Waals surface area contributed by atoms with Crippen LogP contribution in [0.1, 0.15) is 35.5 Å². The summed E-state index contributed by atoms with van der Waals surface area (Å²) in [6.07, 6.45) is 3.44. The van der Waals surface area contributed by atoms with Crippen LogP contribution >= 0.6 is 0 Å². The van der Waals surface area contributed by atoms with Gasteiger partial charge in [-0.2, -0.15) is 5.10 Å². The van der Waals surface area contributed by atoms with E-state index in [-0.39, 0.29) is 5.91 Å². The number of amides is 1. The molecule has 0 radical (unpaired) electrons. The second-order valence-corrected chi connectivity index (χ2v) is 11.0. The Morgan fingerprint density at radius 2 is 1.72 bits per heavy atom. The maximum Gasteiger partial charge on any atom is 0.276 e. The van der Waals surface area contributed by atoms with Crippen molar-refractivity contribution in [3.8, 4) is 5.75 Å². The number of carbonyl (C=O) groups is 1. The van der Waals surface area contributed by atoms with Crippen LogP contribution in [-0.4, -0.2) is 70.9 Å². The number of hydrogen-bond donors (Lipinski definition) is 2. The predicted octanol–water partition coefficient (Wildman–Crippen LogP) is 5.40. The Morgan fingerprint density at radius 3 is 2.42 bits per heavy atom. The standard InChI is InChI=1S/C33H38N8O2/c1-6-21-9-8-10-22(7-2)28(21)36-32(42)30-25-13-11-23-20-34-33(37-29(23)31(25)40(4)38-30)35-26-14-12-24(19-27(26)43-5)41-17-15-39(3)16-18-41/h8-14,19-20H,6-7,15-18H2,1-5H3,(H,36,42)(H,34,35,37). The van der Waals surface area contributed by atoms with Crippen molar-refractivity contribution in [2.24, 2.45) is 7.05 Å². The maximum atomic E-state index is 13.6. The average molecular weight is 579 g/mol. The van der Waals surface area contributed by atoms with Gasteiger partial charge in [-0.3, -0.25) is 9.48 Å². The van der Waals surface area contributed by atoms with Gasteiger partial charge in [-0.15, -0.1) is 0 Å². The van der Waals surface area contributed by atoms with E-state index < -0.39 is 0 Å². The highest BCUT2D eigenvalue weighted by Gasteiger charge is 2.21. The average Bonchev–Trinajstić information content (AvgIpc) is 3.38. The van der Waals surface area contributed by atoms with Crippen molar-refractivity contribution < 1.29 is 9.53 Å². The molecule has 1 aliphatic heterocycles. The highest BCUT2D eigenvalue weighted by atomic mass is 16.5. The van der Waals surface area contributed by atoms with E-state index in [1.165, 1.54) is 0 Å². The van der Waals surface area contributed by atoms with E-state index in [0.29, 0.717) is 17.2 Å². The van der Waals surface area contributed by atoms with E-state index in [0.717, 1.165) is 89.2 Å². The van der Waals surface area contributed by atoms with Crippen LogP contribution in [0.2, 0.25) is 0 Å². The number of ether oxygens (including phenoxy) is 1. The fraction of sp³-hybridized carbons (Fsp3) is 0.333. The van der Waals surface area contributed by atoms with Gasteiger partial charge in [0.1, 0.15) is 11.3 Å². The normalized spacial score (nSPS) is 13.9. The quantitative estimate of drug-likeness (QED) is 0.253. The zero-order valence-corrected chi connectivity index (χ0v) is 25.4. The number of hydrogen-bond acceptors (Lipinski definition) is 8. The van der Waals surface area contributed by atoms with Crippen LogP contribution in [0.4, 0.5) is 23.0 Å². The molecule has 6 rings (SSSR count). The molecule has 0 unspecified atom stereocenters. The molecule has 3 heterocycles. The van der Waals surface area contributed by atoms with E-state index in [1.807, 2.05) is 31.3 Å². The Labute approximate surface area is 251 Å². The van der Waals surface area contributed by atoms with Crippen molar-refractivity contribution in [3.63, 3.8) is 0 Å². The van der Waals surface area contributed by atoms with E-state index >= 15 is 0 Å². The van der Waals surface area contributed by atoms with E-state index in [4.69, 9.17) is 9.72 Å². The topological polar surface area (TPSA) is 100 Å². The molecular formula is C33H38N8O2. The largest absolute Gasteiger partial charge is 0.494 e. The zero-order chi connectivity index (χ0) is 30.1. The maximum absolute atomic E-state index is 13.6. The third kappa shape index (κ3) is 5.46. The molecule has 10 heteroatoms. The van der Waals surface area contributed by atoms with Crippen molar-refractivity contribution in [2.75, 3.05) is 55.9 Å². The third-order valence-electron chi connectivity index (χ3n) is 8.31. The second kappa shape index (κ2) is 11.9. The van der Waals surface area contributed by atoms with Gasteiger partial charge in [-0.1, -0.05) is 38.1 Å². The molecule has 1 saturated heterocycles. The number of aryl methyl sites for hydroxylation is 3. The van der Waals surface area contributed by atoms with Crippen molar-refractivity contribution in [3.05, 3.63) is 71.5 Å². The van der Waals surface area contributed by atoms with Crippen LogP contribution in [0.25, 0.3) is 21.8 Å². The number of anilines is 4. The molecule has 2 N–H and O–H groups in total. The summed E-state index contributed by atoms with van der Waals surface area (Å²) < 4.78 is 7.47. The molecular weight excluding hydrogens is 540 g/mol. The molecule has 3 aromatic carbocycles. The molecule has 0 bridgehead atoms. The highest BCUT2D eigenvalue weighted by molar-refractivity contribution is 6.16. The number of para-hydroxylation sites is 1. The number of nitrogens with one attached hydrogen (secondary N) is 2. The van der Waals surface area contributed by atoms with Crippen LogP contribution in [0.5, 0.6) is 5.75 Å². The summed E-state index contributed by atoms with van der Waals surface area (Å²) in [6.45, 7) is 8.21. The molecule has 0 aliphatic carbocycles. The summed E-state index contributed by atoms with van der Waals surface area (Å²) in [7, 11) is 5.66. The Bertz CT molecular complexity index is 1780. The Balaban J connectivity index is 1.32. The van der Waals surface area contributed by atoms with Gasteiger partial charge in [-0.05, 0) is 49.2 Å². The lowest BCUT2D eigenvalue weighted by Crippen LogP contribution is -2.44. The molecule has 5 aromatic rings. The minimum Gasteiger partial charge on any atom is -0.494 e. The molecule has 1 fully saturated rings. The van der Waals surface area contributed by atoms with Gasteiger partial charge in [-0.25, -0.2) is 9.97 Å². The zero-order valence-electron chi connectivity index (χ0n) is 25.4. The van der Waals surface area contributed by atoms with Crippen LogP contribution in [0, 0.1) is 0 Å². The lowest BCUT2D eigenvalue weighted by atomic mass is 10.0. The fourth-order valence-electron chi connectivity index (χ4n) is 5.82. The lowest BCUT2D eigenvalue weighted by molar-refractivity contribution is 0.102. The van der Waals surface area contributed by atoms with E-state index in [1.54, 1.807) is 18.0 Å². The van der Waals surface area contributed by atoms with Gasteiger partial charge in [0.05, 0.1) is 18.3 Å². The first kappa shape index (κ1) is 28.4. The van der Waals surface area contributed by atoms with E-state index in [2.05, 4.69) is 75.7 Å². The molecule has 222 valence electrons. The van der Waals surface area contributed by atoms with Crippen LogP contribution < -0.4 is 20.3 Å². The fourth-order valence-corrected chi connectivity index (χ4v) is 5.82. The number of aromatic nitrogens is 4. The van der Waals surface area contributed by atoms with Crippen LogP contribution in [0.3, 0.4) is 0 Å². The summed E-state index contributed by atoms with van der Waals surface area (Å²) in [5.74, 6) is 0.914. The number of likely N-dealkylation sites (N-methyl/N-ethyl adjacent to an activating group) is 1. The first-order valence-corrected chi connectivity index (χ1v) is 14.8. The predicted molar refractivity (Wildman–Crippen MR) is 173 cm³/mol. The van der Waals surface area contributed by atoms with Gasteiger partial charge < -0.3 is 25.2 Å². The molecule has 1 amide bonds. The van der Waals surface area contributed by atoms with Crippen LogP contribution in [-0.2, 0) is 19.9 Å². The van der Waals surface area contributed by atoms with Crippen molar-refractivity contribution in [1.82, 2.24) is 24.6 Å². The van der Waals surface area contributed by atoms with Crippen molar-refractivity contribution in [1.29, 1.82) is 0 Å². The molecule has 0 saturated carbocycles. The first-order valence-electron chi connectivity index (χ1n) is 14.8. The SMILES string of the molecule is CCc1cccc(CC)c1NC(=O)c1nn(C)c2c1ccc1cnc(Nc3ccc(N4CCN(C)CC4)cc3OC)nc12. The highest BCUT2D eigenvalue weighted by Crippen LogP contribution is 2.33. The summed E-state index contributed by atoms with van der Waals surface area (Å²) in [5, 5.41) is 12.7. The monoisotopic (exact) mass is 578 g/mol. The lowest BCUT2D eigenvalue weighted by Gasteiger charge is -2.34. The molecule has 43 heavy (non-hydrogen) atoms. The molecule has 2 aromatic heterocycles. The number of benzene rings is 3. The molecule has 1 aliphatic rings. The van der Waals surface area contributed by atoms with Gasteiger partial charge in [0.25, 0.3) is 5.91 Å². The minimum absolute atomic E-state index is 0.238.